The molecule has 0 aromatic heterocycles. The Balaban J connectivity index is 4.41. The number of carbonyl (C=O) groups excluding carboxylic acids is 3. The molecule has 0 N–H and O–H groups in total. The van der Waals surface area contributed by atoms with Gasteiger partial charge >= 0.3 is 17.9 Å². The van der Waals surface area contributed by atoms with Gasteiger partial charge in [-0.1, -0.05) is 267 Å². The number of esters is 3. The lowest BCUT2D eigenvalue weighted by Crippen LogP contribution is -2.30. The van der Waals surface area contributed by atoms with Gasteiger partial charge in [0.25, 0.3) is 0 Å². The summed E-state index contributed by atoms with van der Waals surface area (Å²) in [6, 6.07) is 0. The minimum absolute atomic E-state index is 0.0824. The molecule has 0 spiro atoms. The summed E-state index contributed by atoms with van der Waals surface area (Å²) in [4.78, 5) is 38.3. The molecule has 71 heavy (non-hydrogen) atoms. The van der Waals surface area contributed by atoms with Crippen LogP contribution >= 0.6 is 0 Å². The molecule has 0 amide bonds. The molecule has 410 valence electrons. The van der Waals surface area contributed by atoms with Gasteiger partial charge in [-0.15, -0.1) is 0 Å². The molecule has 0 aliphatic carbocycles. The highest BCUT2D eigenvalue weighted by atomic mass is 16.6. The molecule has 1 atom stereocenters. The van der Waals surface area contributed by atoms with Crippen LogP contribution in [0, 0.1) is 0 Å². The second-order valence-corrected chi connectivity index (χ2v) is 20.2. The maximum Gasteiger partial charge on any atom is 0.306 e. The van der Waals surface area contributed by atoms with Crippen LogP contribution in [0.25, 0.3) is 0 Å². The molecule has 0 aromatic carbocycles. The molecule has 0 unspecified atom stereocenters. The van der Waals surface area contributed by atoms with Gasteiger partial charge in [0.2, 0.25) is 0 Å². The lowest BCUT2D eigenvalue weighted by atomic mass is 10.0. The number of hydrogen-bond donors (Lipinski definition) is 0. The molecule has 0 fully saturated rings. The van der Waals surface area contributed by atoms with E-state index in [0.29, 0.717) is 19.3 Å². The molecule has 0 radical (unpaired) electrons. The molecule has 0 saturated heterocycles. The lowest BCUT2D eigenvalue weighted by molar-refractivity contribution is -0.167. The fourth-order valence-electron chi connectivity index (χ4n) is 8.64. The summed E-state index contributed by atoms with van der Waals surface area (Å²) >= 11 is 0. The smallest absolute Gasteiger partial charge is 0.306 e. The molecule has 0 rings (SSSR count). The van der Waals surface area contributed by atoms with Gasteiger partial charge in [-0.3, -0.25) is 14.4 Å². The summed E-state index contributed by atoms with van der Waals surface area (Å²) in [6.07, 6.45) is 76.1. The van der Waals surface area contributed by atoms with Gasteiger partial charge < -0.3 is 14.2 Å². The molecule has 6 heteroatoms. The summed E-state index contributed by atoms with van der Waals surface area (Å²) in [5.74, 6) is -0.898. The maximum absolute atomic E-state index is 12.9. The van der Waals surface area contributed by atoms with Crippen molar-refractivity contribution in [1.29, 1.82) is 0 Å². The highest BCUT2D eigenvalue weighted by Crippen LogP contribution is 2.16. The molecule has 0 saturated carbocycles. The van der Waals surface area contributed by atoms with Gasteiger partial charge in [0.15, 0.2) is 6.10 Å². The fraction of sp³-hybridized carbons (Fsp3) is 0.769. The number of rotatable bonds is 55. The number of hydrogen-bond acceptors (Lipinski definition) is 6. The maximum atomic E-state index is 12.9. The van der Waals surface area contributed by atoms with Gasteiger partial charge in [-0.2, -0.15) is 0 Å². The van der Waals surface area contributed by atoms with E-state index in [4.69, 9.17) is 14.2 Å². The van der Waals surface area contributed by atoms with E-state index in [0.717, 1.165) is 103 Å². The molecule has 0 aromatic rings. The average Bonchev–Trinajstić information content (AvgIpc) is 3.37. The third-order valence-corrected chi connectivity index (χ3v) is 13.2. The molecule has 0 bridgehead atoms. The highest BCUT2D eigenvalue weighted by Gasteiger charge is 2.19. The van der Waals surface area contributed by atoms with Crippen LogP contribution in [-0.2, 0) is 28.6 Å². The quantitative estimate of drug-likeness (QED) is 0.0261. The third-order valence-electron chi connectivity index (χ3n) is 13.2. The van der Waals surface area contributed by atoms with Crippen LogP contribution in [-0.4, -0.2) is 37.2 Å². The van der Waals surface area contributed by atoms with Crippen molar-refractivity contribution in [2.75, 3.05) is 13.2 Å². The first-order valence-corrected chi connectivity index (χ1v) is 30.4. The van der Waals surface area contributed by atoms with E-state index in [-0.39, 0.29) is 31.1 Å². The minimum atomic E-state index is -0.787. The fourth-order valence-corrected chi connectivity index (χ4v) is 8.64. The van der Waals surface area contributed by atoms with Crippen molar-refractivity contribution in [3.8, 4) is 0 Å². The van der Waals surface area contributed by atoms with Crippen molar-refractivity contribution >= 4 is 17.9 Å². The summed E-state index contributed by atoms with van der Waals surface area (Å²) in [5, 5.41) is 0. The van der Waals surface area contributed by atoms with Crippen LogP contribution in [0.4, 0.5) is 0 Å². The summed E-state index contributed by atoms with van der Waals surface area (Å²) in [5.41, 5.74) is 0. The molecular weight excluding hydrogens is 877 g/mol. The lowest BCUT2D eigenvalue weighted by Gasteiger charge is -2.18. The Morgan fingerprint density at radius 3 is 0.887 bits per heavy atom. The summed E-state index contributed by atoms with van der Waals surface area (Å²) < 4.78 is 16.9. The van der Waals surface area contributed by atoms with Crippen molar-refractivity contribution in [3.63, 3.8) is 0 Å². The Morgan fingerprint density at radius 1 is 0.296 bits per heavy atom. The second kappa shape index (κ2) is 59.4. The predicted octanol–water partition coefficient (Wildman–Crippen LogP) is 20.5. The Hall–Kier alpha value is -3.15. The second-order valence-electron chi connectivity index (χ2n) is 20.2. The van der Waals surface area contributed by atoms with Crippen molar-refractivity contribution in [1.82, 2.24) is 0 Å². The molecule has 0 aliphatic rings. The topological polar surface area (TPSA) is 78.9 Å². The zero-order valence-corrected chi connectivity index (χ0v) is 47.0. The van der Waals surface area contributed by atoms with E-state index in [2.05, 4.69) is 93.7 Å². The molecule has 6 nitrogen and oxygen atoms in total. The molecular formula is C65H114O6. The third kappa shape index (κ3) is 57.6. The Morgan fingerprint density at radius 2 is 0.549 bits per heavy atom. The first-order valence-electron chi connectivity index (χ1n) is 30.4. The first kappa shape index (κ1) is 67.8. The minimum Gasteiger partial charge on any atom is -0.462 e. The number of ether oxygens (including phenoxy) is 3. The van der Waals surface area contributed by atoms with Gasteiger partial charge in [0.05, 0.1) is 0 Å². The Labute approximate surface area is 440 Å². The van der Waals surface area contributed by atoms with Crippen molar-refractivity contribution in [2.24, 2.45) is 0 Å². The van der Waals surface area contributed by atoms with Crippen LogP contribution in [0.5, 0.6) is 0 Å². The van der Waals surface area contributed by atoms with E-state index >= 15 is 0 Å². The number of unbranched alkanes of at least 4 members (excludes halogenated alkanes) is 32. The monoisotopic (exact) mass is 991 g/mol. The predicted molar refractivity (Wildman–Crippen MR) is 307 cm³/mol. The molecule has 0 aliphatic heterocycles. The number of allylic oxidation sites excluding steroid dienone is 12. The SMILES string of the molecule is CC/C=C\C/C=C\C/C=C\C/C=C\CCCCCCC(=O)OC[C@H](COC(=O)CCCCCCCCCCCCCCCCCCC)OC(=O)CCCCCCCCCCC/C=C\C/C=C\CCCCC. The standard InChI is InChI=1S/C65H114O6/c1-4-7-10-13-16-19-22-25-28-31-32-35-38-41-44-47-50-53-56-59-65(68)71-62(60-69-63(66)57-54-51-48-45-42-39-36-33-29-26-23-20-17-14-11-8-5-2)61-70-64(67)58-55-52-49-46-43-40-37-34-30-27-24-21-18-15-12-9-6-3/h8,11,16-17,19-20,25-26,28-29,36,39,62H,4-7,9-10,12-15,18,21-24,27,30-35,37-38,40-61H2,1-3H3/b11-8-,19-16-,20-17-,28-25-,29-26-,39-36-/t62-/m1/s1. The van der Waals surface area contributed by atoms with Crippen LogP contribution in [0.15, 0.2) is 72.9 Å². The Kier molecular flexibility index (Phi) is 56.8. The van der Waals surface area contributed by atoms with Gasteiger partial charge in [0, 0.05) is 19.3 Å². The normalized spacial score (nSPS) is 12.5. The first-order chi connectivity index (χ1) is 35.0. The van der Waals surface area contributed by atoms with Gasteiger partial charge in [0.1, 0.15) is 13.2 Å². The van der Waals surface area contributed by atoms with E-state index in [1.165, 1.54) is 161 Å². The van der Waals surface area contributed by atoms with Crippen molar-refractivity contribution < 1.29 is 28.6 Å². The van der Waals surface area contributed by atoms with E-state index in [9.17, 15) is 14.4 Å². The van der Waals surface area contributed by atoms with Crippen LogP contribution in [0.2, 0.25) is 0 Å². The van der Waals surface area contributed by atoms with Crippen molar-refractivity contribution in [3.05, 3.63) is 72.9 Å². The van der Waals surface area contributed by atoms with E-state index < -0.39 is 6.10 Å². The zero-order valence-electron chi connectivity index (χ0n) is 47.0. The van der Waals surface area contributed by atoms with Crippen molar-refractivity contribution in [2.45, 2.75) is 309 Å². The highest BCUT2D eigenvalue weighted by molar-refractivity contribution is 5.71. The van der Waals surface area contributed by atoms with E-state index in [1.807, 2.05) is 0 Å². The zero-order chi connectivity index (χ0) is 51.4. The number of carbonyl (C=O) groups is 3. The van der Waals surface area contributed by atoms with Gasteiger partial charge in [-0.05, 0) is 89.9 Å². The van der Waals surface area contributed by atoms with Gasteiger partial charge in [-0.25, -0.2) is 0 Å². The average molecular weight is 992 g/mol. The largest absolute Gasteiger partial charge is 0.462 e. The van der Waals surface area contributed by atoms with Crippen LogP contribution in [0.3, 0.4) is 0 Å². The molecule has 0 heterocycles. The summed E-state index contributed by atoms with van der Waals surface area (Å²) in [7, 11) is 0. The van der Waals surface area contributed by atoms with Crippen LogP contribution < -0.4 is 0 Å². The summed E-state index contributed by atoms with van der Waals surface area (Å²) in [6.45, 7) is 6.51. The van der Waals surface area contributed by atoms with Crippen LogP contribution in [0.1, 0.15) is 303 Å². The van der Waals surface area contributed by atoms with E-state index in [1.54, 1.807) is 0 Å². The Bertz CT molecular complexity index is 1320.